The summed E-state index contributed by atoms with van der Waals surface area (Å²) in [6.45, 7) is 0.858. The lowest BCUT2D eigenvalue weighted by Gasteiger charge is -2.43. The summed E-state index contributed by atoms with van der Waals surface area (Å²) in [5.74, 6) is -2.49. The third-order valence-corrected chi connectivity index (χ3v) is 5.96. The van der Waals surface area contributed by atoms with Crippen LogP contribution < -0.4 is 16.0 Å². The lowest BCUT2D eigenvalue weighted by atomic mass is 9.76. The van der Waals surface area contributed by atoms with Crippen LogP contribution in [0.1, 0.15) is 44.6 Å². The van der Waals surface area contributed by atoms with Crippen molar-refractivity contribution >= 4 is 17.6 Å². The Labute approximate surface area is 199 Å². The van der Waals surface area contributed by atoms with Crippen molar-refractivity contribution in [2.75, 3.05) is 18.4 Å². The maximum atomic E-state index is 13.4. The SMILES string of the molecule is CCC[C@H](NC(=O)Cc1cc(F)cc(F)c1)C(=O)Nc1cn(C2(CNCC(F)(F)F)CCC2)cn1. The minimum absolute atomic E-state index is 0.117. The van der Waals surface area contributed by atoms with Crippen LogP contribution in [0.15, 0.2) is 30.7 Å². The molecule has 35 heavy (non-hydrogen) atoms. The predicted octanol–water partition coefficient (Wildman–Crippen LogP) is 3.66. The Morgan fingerprint density at radius 1 is 1.17 bits per heavy atom. The van der Waals surface area contributed by atoms with E-state index in [2.05, 4.69) is 20.9 Å². The molecule has 7 nitrogen and oxygen atoms in total. The van der Waals surface area contributed by atoms with E-state index in [1.807, 2.05) is 6.92 Å². The quantitative estimate of drug-likeness (QED) is 0.410. The second-order valence-corrected chi connectivity index (χ2v) is 8.82. The van der Waals surface area contributed by atoms with E-state index in [0.717, 1.165) is 18.6 Å². The molecule has 1 aromatic carbocycles. The fourth-order valence-corrected chi connectivity index (χ4v) is 4.11. The number of halogens is 5. The van der Waals surface area contributed by atoms with Gasteiger partial charge >= 0.3 is 6.18 Å². The van der Waals surface area contributed by atoms with Gasteiger partial charge in [0, 0.05) is 18.8 Å². The predicted molar refractivity (Wildman–Crippen MR) is 119 cm³/mol. The van der Waals surface area contributed by atoms with Gasteiger partial charge in [-0.25, -0.2) is 13.8 Å². The molecule has 0 bridgehead atoms. The zero-order valence-electron chi connectivity index (χ0n) is 19.2. The Morgan fingerprint density at radius 2 is 1.86 bits per heavy atom. The minimum Gasteiger partial charge on any atom is -0.344 e. The minimum atomic E-state index is -4.30. The van der Waals surface area contributed by atoms with E-state index >= 15 is 0 Å². The Balaban J connectivity index is 1.60. The lowest BCUT2D eigenvalue weighted by Crippen LogP contribution is -2.49. The van der Waals surface area contributed by atoms with Gasteiger partial charge in [-0.3, -0.25) is 9.59 Å². The van der Waals surface area contributed by atoms with E-state index in [1.54, 1.807) is 10.8 Å². The van der Waals surface area contributed by atoms with Crippen LogP contribution in [0.2, 0.25) is 0 Å². The Kier molecular flexibility index (Phi) is 8.47. The average Bonchev–Trinajstić information content (AvgIpc) is 3.16. The van der Waals surface area contributed by atoms with E-state index in [1.165, 1.54) is 6.33 Å². The van der Waals surface area contributed by atoms with Crippen molar-refractivity contribution in [1.82, 2.24) is 20.2 Å². The standard InChI is InChI=1S/C23H28F5N5O2/c1-2-4-18(31-20(34)9-15-7-16(24)10-17(25)8-15)21(35)32-19-11-33(14-30-19)22(5-3-6-22)12-29-13-23(26,27)28/h7-8,10-11,14,18,29H,2-6,9,12-13H2,1H3,(H,31,34)(H,32,35)/t18-/m0/s1. The van der Waals surface area contributed by atoms with Crippen LogP contribution in [0.5, 0.6) is 0 Å². The first-order chi connectivity index (χ1) is 16.5. The van der Waals surface area contributed by atoms with E-state index < -0.39 is 47.8 Å². The number of aromatic nitrogens is 2. The van der Waals surface area contributed by atoms with Crippen molar-refractivity contribution in [3.63, 3.8) is 0 Å². The monoisotopic (exact) mass is 501 g/mol. The van der Waals surface area contributed by atoms with Crippen LogP contribution in [0, 0.1) is 11.6 Å². The number of nitrogens with one attached hydrogen (secondary N) is 3. The van der Waals surface area contributed by atoms with Gasteiger partial charge in [0.25, 0.3) is 0 Å². The second-order valence-electron chi connectivity index (χ2n) is 8.82. The Bertz CT molecular complexity index is 1020. The van der Waals surface area contributed by atoms with Gasteiger partial charge in [0.1, 0.15) is 17.7 Å². The number of anilines is 1. The molecule has 1 aromatic heterocycles. The number of carbonyl (C=O) groups is 2. The second kappa shape index (κ2) is 11.1. The zero-order chi connectivity index (χ0) is 25.6. The van der Waals surface area contributed by atoms with E-state index in [0.29, 0.717) is 31.7 Å². The van der Waals surface area contributed by atoms with Crippen LogP contribution in [0.25, 0.3) is 0 Å². The summed E-state index contributed by atoms with van der Waals surface area (Å²) in [6.07, 6.45) is 1.55. The van der Waals surface area contributed by atoms with Crippen molar-refractivity contribution in [3.05, 3.63) is 47.9 Å². The van der Waals surface area contributed by atoms with Crippen LogP contribution >= 0.6 is 0 Å². The maximum absolute atomic E-state index is 13.4. The normalized spacial score (nSPS) is 15.8. The van der Waals surface area contributed by atoms with Gasteiger partial charge in [-0.1, -0.05) is 13.3 Å². The first kappa shape index (κ1) is 26.6. The molecular formula is C23H28F5N5O2. The molecule has 0 aliphatic heterocycles. The Morgan fingerprint density at radius 3 is 2.43 bits per heavy atom. The average molecular weight is 502 g/mol. The largest absolute Gasteiger partial charge is 0.401 e. The first-order valence-electron chi connectivity index (χ1n) is 11.4. The molecule has 2 amide bonds. The molecular weight excluding hydrogens is 473 g/mol. The number of rotatable bonds is 11. The van der Waals surface area contributed by atoms with Crippen molar-refractivity contribution in [2.24, 2.45) is 0 Å². The Hall–Kier alpha value is -3.02. The highest BCUT2D eigenvalue weighted by molar-refractivity contribution is 5.96. The van der Waals surface area contributed by atoms with Gasteiger partial charge in [0.15, 0.2) is 5.82 Å². The number of amides is 2. The van der Waals surface area contributed by atoms with Gasteiger partial charge in [-0.05, 0) is 43.4 Å². The van der Waals surface area contributed by atoms with Gasteiger partial charge < -0.3 is 20.5 Å². The molecule has 1 heterocycles. The third-order valence-electron chi connectivity index (χ3n) is 5.96. The molecule has 2 aromatic rings. The van der Waals surface area contributed by atoms with E-state index in [-0.39, 0.29) is 24.3 Å². The van der Waals surface area contributed by atoms with Crippen LogP contribution in [0.3, 0.4) is 0 Å². The van der Waals surface area contributed by atoms with Crippen LogP contribution in [-0.4, -0.2) is 46.7 Å². The molecule has 0 spiro atoms. The molecule has 0 radical (unpaired) electrons. The molecule has 3 N–H and O–H groups in total. The maximum Gasteiger partial charge on any atom is 0.401 e. The van der Waals surface area contributed by atoms with Crippen LogP contribution in [-0.2, 0) is 21.5 Å². The van der Waals surface area contributed by atoms with Crippen molar-refractivity contribution in [1.29, 1.82) is 0 Å². The molecule has 12 heteroatoms. The molecule has 1 aliphatic carbocycles. The number of nitrogens with zero attached hydrogens (tertiary/aromatic N) is 2. The fourth-order valence-electron chi connectivity index (χ4n) is 4.11. The molecule has 3 rings (SSSR count). The topological polar surface area (TPSA) is 88.0 Å². The summed E-state index contributed by atoms with van der Waals surface area (Å²) in [4.78, 5) is 29.3. The fraction of sp³-hybridized carbons (Fsp3) is 0.522. The number of benzene rings is 1. The molecule has 1 saturated carbocycles. The van der Waals surface area contributed by atoms with Crippen molar-refractivity contribution in [3.8, 4) is 0 Å². The van der Waals surface area contributed by atoms with E-state index in [9.17, 15) is 31.5 Å². The third kappa shape index (κ3) is 7.48. The van der Waals surface area contributed by atoms with Gasteiger partial charge in [-0.2, -0.15) is 13.2 Å². The van der Waals surface area contributed by atoms with Gasteiger partial charge in [0.05, 0.1) is 24.8 Å². The summed E-state index contributed by atoms with van der Waals surface area (Å²) < 4.78 is 65.9. The number of carbonyl (C=O) groups excluding carboxylic acids is 2. The highest BCUT2D eigenvalue weighted by Gasteiger charge is 2.39. The molecule has 1 atom stereocenters. The summed E-state index contributed by atoms with van der Waals surface area (Å²) in [5, 5.41) is 7.65. The highest BCUT2D eigenvalue weighted by atomic mass is 19.4. The number of hydrogen-bond acceptors (Lipinski definition) is 4. The number of imidazole rings is 1. The van der Waals surface area contributed by atoms with Crippen molar-refractivity contribution in [2.45, 2.75) is 63.2 Å². The van der Waals surface area contributed by atoms with Gasteiger partial charge in [-0.15, -0.1) is 0 Å². The molecule has 192 valence electrons. The molecule has 1 aliphatic rings. The van der Waals surface area contributed by atoms with Gasteiger partial charge in [0.2, 0.25) is 11.8 Å². The molecule has 0 saturated heterocycles. The summed E-state index contributed by atoms with van der Waals surface area (Å²) >= 11 is 0. The van der Waals surface area contributed by atoms with Crippen LogP contribution in [0.4, 0.5) is 27.8 Å². The summed E-state index contributed by atoms with van der Waals surface area (Å²) in [7, 11) is 0. The number of alkyl halides is 3. The zero-order valence-corrected chi connectivity index (χ0v) is 19.2. The number of hydrogen-bond donors (Lipinski definition) is 3. The summed E-state index contributed by atoms with van der Waals surface area (Å²) in [5.41, 5.74) is -0.405. The first-order valence-corrected chi connectivity index (χ1v) is 11.4. The van der Waals surface area contributed by atoms with Crippen molar-refractivity contribution < 1.29 is 31.5 Å². The highest BCUT2D eigenvalue weighted by Crippen LogP contribution is 2.39. The van der Waals surface area contributed by atoms with E-state index in [4.69, 9.17) is 0 Å². The smallest absolute Gasteiger partial charge is 0.344 e. The molecule has 1 fully saturated rings. The summed E-state index contributed by atoms with van der Waals surface area (Å²) in [6, 6.07) is 1.89. The molecule has 0 unspecified atom stereocenters. The lowest BCUT2D eigenvalue weighted by molar-refractivity contribution is -0.126.